The van der Waals surface area contributed by atoms with Gasteiger partial charge in [-0.2, -0.15) is 0 Å². The third-order valence-corrected chi connectivity index (χ3v) is 3.86. The van der Waals surface area contributed by atoms with Crippen LogP contribution >= 0.6 is 15.9 Å². The average molecular weight is 312 g/mol. The summed E-state index contributed by atoms with van der Waals surface area (Å²) < 4.78 is 0.616. The number of phenols is 1. The Morgan fingerprint density at radius 3 is 2.78 bits per heavy atom. The number of halogens is 1. The highest BCUT2D eigenvalue weighted by molar-refractivity contribution is 9.10. The van der Waals surface area contributed by atoms with Gasteiger partial charge in [0, 0.05) is 18.2 Å². The first kappa shape index (κ1) is 13.4. The average Bonchev–Trinajstić information content (AvgIpc) is 3.17. The van der Waals surface area contributed by atoms with Gasteiger partial charge in [0.25, 0.3) is 5.91 Å². The molecular weight excluding hydrogens is 294 g/mol. The van der Waals surface area contributed by atoms with Crippen LogP contribution in [0.3, 0.4) is 0 Å². The fraction of sp³-hybridized carbons (Fsp3) is 0.500. The van der Waals surface area contributed by atoms with Crippen molar-refractivity contribution in [1.29, 1.82) is 0 Å². The number of unbranched alkanes of at least 4 members (excludes halogenated alkanes) is 1. The number of nitrogens with zero attached hydrogens (tertiary/aromatic N) is 1. The number of hydrogen-bond donors (Lipinski definition) is 1. The highest BCUT2D eigenvalue weighted by Gasteiger charge is 2.32. The molecule has 1 amide bonds. The maximum atomic E-state index is 12.4. The number of rotatable bonds is 5. The van der Waals surface area contributed by atoms with E-state index in [-0.39, 0.29) is 11.7 Å². The van der Waals surface area contributed by atoms with Crippen LogP contribution in [0, 0.1) is 0 Å². The maximum Gasteiger partial charge on any atom is 0.254 e. The molecule has 1 aliphatic carbocycles. The second kappa shape index (κ2) is 5.74. The number of carbonyl (C=O) groups is 1. The van der Waals surface area contributed by atoms with Crippen molar-refractivity contribution in [3.8, 4) is 5.75 Å². The third-order valence-electron chi connectivity index (χ3n) is 3.19. The van der Waals surface area contributed by atoms with E-state index < -0.39 is 0 Å². The molecule has 18 heavy (non-hydrogen) atoms. The van der Waals surface area contributed by atoms with E-state index in [0.717, 1.165) is 32.2 Å². The number of carbonyl (C=O) groups excluding carboxylic acids is 1. The Labute approximate surface area is 116 Å². The predicted molar refractivity (Wildman–Crippen MR) is 74.8 cm³/mol. The molecule has 0 aliphatic heterocycles. The van der Waals surface area contributed by atoms with Crippen molar-refractivity contribution in [1.82, 2.24) is 4.90 Å². The molecule has 1 fully saturated rings. The molecule has 0 aromatic heterocycles. The smallest absolute Gasteiger partial charge is 0.254 e. The van der Waals surface area contributed by atoms with E-state index in [2.05, 4.69) is 22.9 Å². The quantitative estimate of drug-likeness (QED) is 0.903. The van der Waals surface area contributed by atoms with Crippen LogP contribution in [0.25, 0.3) is 0 Å². The fourth-order valence-corrected chi connectivity index (χ4v) is 2.22. The topological polar surface area (TPSA) is 40.5 Å². The van der Waals surface area contributed by atoms with Gasteiger partial charge < -0.3 is 10.0 Å². The summed E-state index contributed by atoms with van der Waals surface area (Å²) in [4.78, 5) is 14.3. The number of benzene rings is 1. The number of hydrogen-bond acceptors (Lipinski definition) is 2. The molecule has 1 N–H and O–H groups in total. The van der Waals surface area contributed by atoms with E-state index in [1.165, 1.54) is 6.07 Å². The molecule has 0 bridgehead atoms. The first-order valence-electron chi connectivity index (χ1n) is 6.43. The molecule has 3 nitrogen and oxygen atoms in total. The molecule has 1 aromatic rings. The summed E-state index contributed by atoms with van der Waals surface area (Å²) in [5.74, 6) is 0.154. The van der Waals surface area contributed by atoms with Crippen LogP contribution in [-0.2, 0) is 0 Å². The molecule has 1 aromatic carbocycles. The second-order valence-electron chi connectivity index (χ2n) is 4.75. The molecule has 0 saturated heterocycles. The van der Waals surface area contributed by atoms with Gasteiger partial charge in [0.1, 0.15) is 5.75 Å². The Kier molecular flexibility index (Phi) is 4.27. The zero-order valence-electron chi connectivity index (χ0n) is 10.5. The Hall–Kier alpha value is -1.03. The molecule has 4 heteroatoms. The van der Waals surface area contributed by atoms with Crippen molar-refractivity contribution in [2.45, 2.75) is 38.6 Å². The minimum atomic E-state index is 0.0359. The minimum absolute atomic E-state index is 0.0359. The summed E-state index contributed by atoms with van der Waals surface area (Å²) in [6.07, 6.45) is 4.34. The van der Waals surface area contributed by atoms with Crippen molar-refractivity contribution in [2.24, 2.45) is 0 Å². The predicted octanol–water partition coefficient (Wildman–Crippen LogP) is 3.56. The van der Waals surface area contributed by atoms with Gasteiger partial charge in [0.05, 0.1) is 4.47 Å². The van der Waals surface area contributed by atoms with Gasteiger partial charge in [-0.25, -0.2) is 0 Å². The Bertz CT molecular complexity index is 443. The van der Waals surface area contributed by atoms with Crippen molar-refractivity contribution in [3.63, 3.8) is 0 Å². The molecule has 0 heterocycles. The highest BCUT2D eigenvalue weighted by atomic mass is 79.9. The molecule has 0 atom stereocenters. The summed E-state index contributed by atoms with van der Waals surface area (Å²) in [5.41, 5.74) is 0.568. The lowest BCUT2D eigenvalue weighted by Crippen LogP contribution is -2.33. The SMILES string of the molecule is CCCCN(C(=O)c1ccc(Br)c(O)c1)C1CC1. The van der Waals surface area contributed by atoms with Crippen molar-refractivity contribution < 1.29 is 9.90 Å². The van der Waals surface area contributed by atoms with Crippen LogP contribution < -0.4 is 0 Å². The zero-order chi connectivity index (χ0) is 13.1. The van der Waals surface area contributed by atoms with E-state index in [9.17, 15) is 9.90 Å². The van der Waals surface area contributed by atoms with Crippen LogP contribution in [-0.4, -0.2) is 28.5 Å². The lowest BCUT2D eigenvalue weighted by Gasteiger charge is -2.22. The van der Waals surface area contributed by atoms with Crippen LogP contribution in [0.5, 0.6) is 5.75 Å². The number of amides is 1. The lowest BCUT2D eigenvalue weighted by atomic mass is 10.1. The van der Waals surface area contributed by atoms with E-state index in [1.54, 1.807) is 12.1 Å². The largest absolute Gasteiger partial charge is 0.507 e. The minimum Gasteiger partial charge on any atom is -0.507 e. The van der Waals surface area contributed by atoms with Gasteiger partial charge in [-0.3, -0.25) is 4.79 Å². The third kappa shape index (κ3) is 3.05. The van der Waals surface area contributed by atoms with Crippen molar-refractivity contribution in [3.05, 3.63) is 28.2 Å². The number of phenolic OH excluding ortho intramolecular Hbond substituents is 1. The normalized spacial score (nSPS) is 14.6. The van der Waals surface area contributed by atoms with Gasteiger partial charge in [0.2, 0.25) is 0 Å². The van der Waals surface area contributed by atoms with Gasteiger partial charge >= 0.3 is 0 Å². The first-order valence-corrected chi connectivity index (χ1v) is 7.22. The molecule has 1 saturated carbocycles. The standard InChI is InChI=1S/C14H18BrNO2/c1-2-3-8-16(11-5-6-11)14(18)10-4-7-12(15)13(17)9-10/h4,7,9,11,17H,2-3,5-6,8H2,1H3. The number of aromatic hydroxyl groups is 1. The van der Waals surface area contributed by atoms with Gasteiger partial charge in [-0.1, -0.05) is 13.3 Å². The first-order chi connectivity index (χ1) is 8.63. The molecule has 2 rings (SSSR count). The molecule has 1 aliphatic rings. The lowest BCUT2D eigenvalue weighted by molar-refractivity contribution is 0.0740. The monoisotopic (exact) mass is 311 g/mol. The summed E-state index contributed by atoms with van der Waals surface area (Å²) in [5, 5.41) is 9.64. The Morgan fingerprint density at radius 2 is 2.22 bits per heavy atom. The van der Waals surface area contributed by atoms with E-state index in [0.29, 0.717) is 16.1 Å². The van der Waals surface area contributed by atoms with Gasteiger partial charge in [-0.15, -0.1) is 0 Å². The van der Waals surface area contributed by atoms with Gasteiger partial charge in [0.15, 0.2) is 0 Å². The zero-order valence-corrected chi connectivity index (χ0v) is 12.1. The molecule has 0 unspecified atom stereocenters. The molecular formula is C14H18BrNO2. The van der Waals surface area contributed by atoms with Crippen molar-refractivity contribution in [2.75, 3.05) is 6.54 Å². The molecule has 98 valence electrons. The van der Waals surface area contributed by atoms with E-state index in [1.807, 2.05) is 4.90 Å². The summed E-state index contributed by atoms with van der Waals surface area (Å²) in [6, 6.07) is 5.42. The van der Waals surface area contributed by atoms with Crippen LogP contribution in [0.4, 0.5) is 0 Å². The van der Waals surface area contributed by atoms with Crippen molar-refractivity contribution >= 4 is 21.8 Å². The summed E-state index contributed by atoms with van der Waals surface area (Å²) in [7, 11) is 0. The van der Waals surface area contributed by atoms with Crippen LogP contribution in [0.2, 0.25) is 0 Å². The van der Waals surface area contributed by atoms with Gasteiger partial charge in [-0.05, 0) is 53.4 Å². The maximum absolute atomic E-state index is 12.4. The Balaban J connectivity index is 2.13. The Morgan fingerprint density at radius 1 is 1.50 bits per heavy atom. The highest BCUT2D eigenvalue weighted by Crippen LogP contribution is 2.30. The molecule has 0 radical (unpaired) electrons. The summed E-state index contributed by atoms with van der Waals surface area (Å²) in [6.45, 7) is 2.94. The van der Waals surface area contributed by atoms with E-state index >= 15 is 0 Å². The van der Waals surface area contributed by atoms with E-state index in [4.69, 9.17) is 0 Å². The second-order valence-corrected chi connectivity index (χ2v) is 5.60. The van der Waals surface area contributed by atoms with Crippen LogP contribution in [0.15, 0.2) is 22.7 Å². The van der Waals surface area contributed by atoms with Crippen LogP contribution in [0.1, 0.15) is 43.0 Å². The summed E-state index contributed by atoms with van der Waals surface area (Å²) >= 11 is 3.22. The fourth-order valence-electron chi connectivity index (χ4n) is 1.98. The molecule has 0 spiro atoms.